The van der Waals surface area contributed by atoms with Crippen LogP contribution in [0, 0.1) is 10.1 Å². The summed E-state index contributed by atoms with van der Waals surface area (Å²) < 4.78 is 4.86. The van der Waals surface area contributed by atoms with Crippen LogP contribution in [0.2, 0.25) is 0 Å². The number of hydrogen-bond donors (Lipinski definition) is 2. The molecule has 1 aromatic carbocycles. The van der Waals surface area contributed by atoms with E-state index < -0.39 is 17.5 Å². The lowest BCUT2D eigenvalue weighted by molar-refractivity contribution is -0.383. The zero-order valence-corrected chi connectivity index (χ0v) is 11.9. The number of nitro benzene ring substituents is 1. The van der Waals surface area contributed by atoms with Crippen molar-refractivity contribution in [3.05, 3.63) is 33.9 Å². The average Bonchev–Trinajstić information content (AvgIpc) is 2.97. The molecule has 0 atom stereocenters. The molecule has 22 heavy (non-hydrogen) atoms. The number of carbonyl (C=O) groups excluding carboxylic acids is 2. The van der Waals surface area contributed by atoms with Crippen molar-refractivity contribution in [1.82, 2.24) is 5.32 Å². The van der Waals surface area contributed by atoms with E-state index in [1.54, 1.807) is 0 Å². The third kappa shape index (κ3) is 3.94. The number of amides is 1. The zero-order valence-electron chi connectivity index (χ0n) is 11.9. The Bertz CT molecular complexity index is 596. The van der Waals surface area contributed by atoms with Gasteiger partial charge in [-0.25, -0.2) is 4.79 Å². The Morgan fingerprint density at radius 2 is 2.05 bits per heavy atom. The van der Waals surface area contributed by atoms with Gasteiger partial charge in [-0.2, -0.15) is 0 Å². The summed E-state index contributed by atoms with van der Waals surface area (Å²) in [5, 5.41) is 13.5. The quantitative estimate of drug-likeness (QED) is 0.366. The van der Waals surface area contributed by atoms with Crippen LogP contribution in [-0.2, 0) is 9.53 Å². The number of anilines is 1. The van der Waals surface area contributed by atoms with Gasteiger partial charge in [0.25, 0.3) is 11.6 Å². The number of nitrogens with one attached hydrogen (secondary N) is 1. The van der Waals surface area contributed by atoms with Crippen LogP contribution in [0.15, 0.2) is 18.2 Å². The van der Waals surface area contributed by atoms with Gasteiger partial charge in [-0.15, -0.1) is 0 Å². The van der Waals surface area contributed by atoms with Gasteiger partial charge in [0, 0.05) is 12.1 Å². The van der Waals surface area contributed by atoms with Crippen molar-refractivity contribution in [3.63, 3.8) is 0 Å². The molecule has 1 saturated carbocycles. The molecule has 8 nitrogen and oxygen atoms in total. The molecule has 0 aromatic heterocycles. The second-order valence-corrected chi connectivity index (χ2v) is 5.16. The monoisotopic (exact) mass is 307 g/mol. The van der Waals surface area contributed by atoms with E-state index in [0.29, 0.717) is 0 Å². The van der Waals surface area contributed by atoms with Gasteiger partial charge < -0.3 is 15.8 Å². The molecule has 3 N–H and O–H groups in total. The van der Waals surface area contributed by atoms with Crippen molar-refractivity contribution in [2.75, 3.05) is 12.3 Å². The molecule has 0 spiro atoms. The first-order valence-corrected chi connectivity index (χ1v) is 6.98. The van der Waals surface area contributed by atoms with E-state index in [4.69, 9.17) is 10.5 Å². The van der Waals surface area contributed by atoms with Crippen LogP contribution in [0.1, 0.15) is 36.0 Å². The minimum atomic E-state index is -0.801. The number of carbonyl (C=O) groups is 2. The second kappa shape index (κ2) is 6.88. The molecule has 1 aromatic rings. The SMILES string of the molecule is Nc1ccc(C(=O)OCC(=O)NC2CCCC2)cc1[N+](=O)[O-]. The van der Waals surface area contributed by atoms with Crippen LogP contribution in [0.4, 0.5) is 11.4 Å². The van der Waals surface area contributed by atoms with Gasteiger partial charge in [-0.05, 0) is 25.0 Å². The molecule has 1 aliphatic rings. The van der Waals surface area contributed by atoms with Crippen molar-refractivity contribution < 1.29 is 19.2 Å². The number of nitrogens with zero attached hydrogens (tertiary/aromatic N) is 1. The normalized spacial score (nSPS) is 14.5. The van der Waals surface area contributed by atoms with E-state index >= 15 is 0 Å². The first kappa shape index (κ1) is 15.7. The molecule has 8 heteroatoms. The topological polar surface area (TPSA) is 125 Å². The maximum absolute atomic E-state index is 11.8. The highest BCUT2D eigenvalue weighted by Crippen LogP contribution is 2.22. The number of rotatable bonds is 5. The largest absolute Gasteiger partial charge is 0.452 e. The molecule has 0 aliphatic heterocycles. The molecule has 118 valence electrons. The summed E-state index contributed by atoms with van der Waals surface area (Å²) in [6, 6.07) is 3.75. The van der Waals surface area contributed by atoms with E-state index in [-0.39, 0.29) is 28.9 Å². The van der Waals surface area contributed by atoms with Crippen molar-refractivity contribution in [2.45, 2.75) is 31.7 Å². The smallest absolute Gasteiger partial charge is 0.338 e. The minimum absolute atomic E-state index is 0.0189. The second-order valence-electron chi connectivity index (χ2n) is 5.16. The molecule has 0 saturated heterocycles. The Morgan fingerprint density at radius 3 is 2.68 bits per heavy atom. The number of nitrogen functional groups attached to an aromatic ring is 1. The summed E-state index contributed by atoms with van der Waals surface area (Å²) in [7, 11) is 0. The van der Waals surface area contributed by atoms with E-state index in [2.05, 4.69) is 5.32 Å². The van der Waals surface area contributed by atoms with Gasteiger partial charge >= 0.3 is 5.97 Å². The highest BCUT2D eigenvalue weighted by Gasteiger charge is 2.20. The maximum atomic E-state index is 11.8. The van der Waals surface area contributed by atoms with E-state index in [1.807, 2.05) is 0 Å². The Hall–Kier alpha value is -2.64. The molecule has 0 heterocycles. The fourth-order valence-electron chi connectivity index (χ4n) is 2.38. The lowest BCUT2D eigenvalue weighted by Gasteiger charge is -2.12. The number of ether oxygens (including phenoxy) is 1. The number of hydrogen-bond acceptors (Lipinski definition) is 6. The van der Waals surface area contributed by atoms with Crippen LogP contribution in [-0.4, -0.2) is 29.4 Å². The van der Waals surface area contributed by atoms with Gasteiger partial charge in [0.2, 0.25) is 0 Å². The van der Waals surface area contributed by atoms with Gasteiger partial charge in [-0.1, -0.05) is 12.8 Å². The predicted molar refractivity (Wildman–Crippen MR) is 78.2 cm³/mol. The summed E-state index contributed by atoms with van der Waals surface area (Å²) in [4.78, 5) is 33.5. The molecule has 0 unspecified atom stereocenters. The highest BCUT2D eigenvalue weighted by atomic mass is 16.6. The van der Waals surface area contributed by atoms with Crippen LogP contribution in [0.5, 0.6) is 0 Å². The molecule has 0 bridgehead atoms. The molecule has 2 rings (SSSR count). The number of esters is 1. The summed E-state index contributed by atoms with van der Waals surface area (Å²) in [6.07, 6.45) is 4.04. The van der Waals surface area contributed by atoms with Crippen LogP contribution in [0.3, 0.4) is 0 Å². The van der Waals surface area contributed by atoms with Crippen molar-refractivity contribution >= 4 is 23.3 Å². The highest BCUT2D eigenvalue weighted by molar-refractivity contribution is 5.92. The van der Waals surface area contributed by atoms with Gasteiger partial charge in [0.1, 0.15) is 5.69 Å². The molecule has 0 radical (unpaired) electrons. The van der Waals surface area contributed by atoms with Crippen molar-refractivity contribution in [3.8, 4) is 0 Å². The van der Waals surface area contributed by atoms with Crippen molar-refractivity contribution in [1.29, 1.82) is 0 Å². The average molecular weight is 307 g/mol. The maximum Gasteiger partial charge on any atom is 0.338 e. The predicted octanol–water partition coefficient (Wildman–Crippen LogP) is 1.39. The number of nitrogens with two attached hydrogens (primary N) is 1. The number of nitro groups is 1. The summed E-state index contributed by atoms with van der Waals surface area (Å²) in [6.45, 7) is -0.409. The Kier molecular flexibility index (Phi) is 4.92. The zero-order chi connectivity index (χ0) is 16.1. The first-order chi connectivity index (χ1) is 10.5. The van der Waals surface area contributed by atoms with E-state index in [1.165, 1.54) is 12.1 Å². The van der Waals surface area contributed by atoms with Gasteiger partial charge in [-0.3, -0.25) is 14.9 Å². The third-order valence-corrected chi connectivity index (χ3v) is 3.52. The molecule has 1 aliphatic carbocycles. The Balaban J connectivity index is 1.90. The summed E-state index contributed by atoms with van der Waals surface area (Å²) in [5.74, 6) is -1.17. The standard InChI is InChI=1S/C14H17N3O5/c15-11-6-5-9(7-12(11)17(20)21)14(19)22-8-13(18)16-10-3-1-2-4-10/h5-7,10H,1-4,8,15H2,(H,16,18). The fourth-order valence-corrected chi connectivity index (χ4v) is 2.38. The first-order valence-electron chi connectivity index (χ1n) is 6.98. The van der Waals surface area contributed by atoms with E-state index in [0.717, 1.165) is 31.7 Å². The van der Waals surface area contributed by atoms with Crippen LogP contribution >= 0.6 is 0 Å². The Labute approximate surface area is 126 Å². The molecule has 1 fully saturated rings. The van der Waals surface area contributed by atoms with Gasteiger partial charge in [0.15, 0.2) is 6.61 Å². The van der Waals surface area contributed by atoms with Crippen LogP contribution < -0.4 is 11.1 Å². The summed E-state index contributed by atoms with van der Waals surface area (Å²) in [5.41, 5.74) is 5.02. The van der Waals surface area contributed by atoms with E-state index in [9.17, 15) is 19.7 Å². The molecular weight excluding hydrogens is 290 g/mol. The Morgan fingerprint density at radius 1 is 1.36 bits per heavy atom. The van der Waals surface area contributed by atoms with Gasteiger partial charge in [0.05, 0.1) is 10.5 Å². The fraction of sp³-hybridized carbons (Fsp3) is 0.429. The molecule has 1 amide bonds. The number of benzene rings is 1. The minimum Gasteiger partial charge on any atom is -0.452 e. The van der Waals surface area contributed by atoms with Crippen LogP contribution in [0.25, 0.3) is 0 Å². The molecular formula is C14H17N3O5. The lowest BCUT2D eigenvalue weighted by atomic mass is 10.2. The lowest BCUT2D eigenvalue weighted by Crippen LogP contribution is -2.35. The summed E-state index contributed by atoms with van der Waals surface area (Å²) >= 11 is 0. The third-order valence-electron chi connectivity index (χ3n) is 3.52. The van der Waals surface area contributed by atoms with Crippen molar-refractivity contribution in [2.24, 2.45) is 0 Å².